The summed E-state index contributed by atoms with van der Waals surface area (Å²) in [6.45, 7) is 11.5. The molecule has 202 valence electrons. The van der Waals surface area contributed by atoms with Gasteiger partial charge in [0.2, 0.25) is 5.91 Å². The zero-order chi connectivity index (χ0) is 25.5. The third kappa shape index (κ3) is 7.86. The van der Waals surface area contributed by atoms with Gasteiger partial charge in [0.1, 0.15) is 5.75 Å². The van der Waals surface area contributed by atoms with Gasteiger partial charge >= 0.3 is 0 Å². The second kappa shape index (κ2) is 13.5. The Balaban J connectivity index is 1.10. The molecule has 1 aliphatic carbocycles. The van der Waals surface area contributed by atoms with E-state index >= 15 is 0 Å². The number of likely N-dealkylation sites (tertiary alicyclic amines) is 2. The molecule has 3 fully saturated rings. The maximum absolute atomic E-state index is 12.7. The standard InChI is InChI=1S/C29H48N4O2S/c1-22-20-27(35-4)21-23(2)29(22)36-31(3)16-13-28(34)30-25-6-8-26(9-7-25)33-18-11-24(12-19-33)10-17-32-14-5-15-32/h20-21,24-26H,5-19H2,1-4H3,(H,30,34)/t25-,26-. The maximum atomic E-state index is 12.7. The Bertz CT molecular complexity index is 823. The van der Waals surface area contributed by atoms with Crippen LogP contribution in [-0.4, -0.2) is 85.5 Å². The van der Waals surface area contributed by atoms with Gasteiger partial charge in [0, 0.05) is 29.9 Å². The molecule has 36 heavy (non-hydrogen) atoms. The van der Waals surface area contributed by atoms with Gasteiger partial charge in [-0.2, -0.15) is 0 Å². The van der Waals surface area contributed by atoms with Crippen LogP contribution in [0.3, 0.4) is 0 Å². The molecule has 6 nitrogen and oxygen atoms in total. The Morgan fingerprint density at radius 2 is 1.72 bits per heavy atom. The number of amides is 1. The fraction of sp³-hybridized carbons (Fsp3) is 0.759. The molecule has 2 saturated heterocycles. The maximum Gasteiger partial charge on any atom is 0.221 e. The Kier molecular flexibility index (Phi) is 10.4. The first-order valence-electron chi connectivity index (χ1n) is 14.2. The number of nitrogens with one attached hydrogen (secondary N) is 1. The minimum atomic E-state index is 0.192. The third-order valence-electron chi connectivity index (χ3n) is 8.60. The van der Waals surface area contributed by atoms with Crippen LogP contribution >= 0.6 is 11.9 Å². The van der Waals surface area contributed by atoms with Crippen LogP contribution in [-0.2, 0) is 4.79 Å². The molecule has 4 rings (SSSR count). The molecular weight excluding hydrogens is 468 g/mol. The molecule has 1 N–H and O–H groups in total. The SMILES string of the molecule is COc1cc(C)c(SN(C)CCC(=O)N[C@H]2CC[C@H](N3CCC(CCN4CCC4)CC3)CC2)c(C)c1. The van der Waals surface area contributed by atoms with Gasteiger partial charge in [-0.3, -0.25) is 4.79 Å². The minimum Gasteiger partial charge on any atom is -0.497 e. The molecule has 0 atom stereocenters. The molecule has 1 saturated carbocycles. The Hall–Kier alpha value is -1.28. The first-order chi connectivity index (χ1) is 17.4. The van der Waals surface area contributed by atoms with Gasteiger partial charge in [0.25, 0.3) is 0 Å². The van der Waals surface area contributed by atoms with Crippen molar-refractivity contribution in [2.24, 2.45) is 5.92 Å². The number of piperidine rings is 1. The number of hydrogen-bond acceptors (Lipinski definition) is 6. The van der Waals surface area contributed by atoms with E-state index < -0.39 is 0 Å². The number of benzene rings is 1. The van der Waals surface area contributed by atoms with Crippen molar-refractivity contribution in [3.05, 3.63) is 23.3 Å². The van der Waals surface area contributed by atoms with Gasteiger partial charge in [-0.1, -0.05) is 0 Å². The van der Waals surface area contributed by atoms with E-state index in [-0.39, 0.29) is 5.91 Å². The van der Waals surface area contributed by atoms with Crippen LogP contribution in [0.5, 0.6) is 5.75 Å². The number of ether oxygens (including phenoxy) is 1. The van der Waals surface area contributed by atoms with Gasteiger partial charge in [-0.15, -0.1) is 0 Å². The molecule has 0 bridgehead atoms. The Morgan fingerprint density at radius 3 is 2.31 bits per heavy atom. The molecule has 0 unspecified atom stereocenters. The predicted molar refractivity (Wildman–Crippen MR) is 150 cm³/mol. The van der Waals surface area contributed by atoms with Crippen molar-refractivity contribution in [3.8, 4) is 5.75 Å². The van der Waals surface area contributed by atoms with Crippen molar-refractivity contribution in [3.63, 3.8) is 0 Å². The van der Waals surface area contributed by atoms with Crippen molar-refractivity contribution in [1.82, 2.24) is 19.4 Å². The molecule has 7 heteroatoms. The van der Waals surface area contributed by atoms with E-state index in [0.717, 1.165) is 37.1 Å². The predicted octanol–water partition coefficient (Wildman–Crippen LogP) is 4.88. The zero-order valence-electron chi connectivity index (χ0n) is 23.1. The average Bonchev–Trinajstić information content (AvgIpc) is 2.85. The largest absolute Gasteiger partial charge is 0.497 e. The summed E-state index contributed by atoms with van der Waals surface area (Å²) in [6.07, 6.45) is 10.8. The number of carbonyl (C=O) groups excluding carboxylic acids is 1. The van der Waals surface area contributed by atoms with Crippen molar-refractivity contribution < 1.29 is 9.53 Å². The molecule has 2 aliphatic heterocycles. The van der Waals surface area contributed by atoms with Crippen molar-refractivity contribution in [2.75, 3.05) is 53.4 Å². The van der Waals surface area contributed by atoms with E-state index in [9.17, 15) is 4.79 Å². The van der Waals surface area contributed by atoms with Crippen LogP contribution in [0.1, 0.15) is 68.9 Å². The van der Waals surface area contributed by atoms with Gasteiger partial charge < -0.3 is 19.9 Å². The van der Waals surface area contributed by atoms with Crippen LogP contribution in [0.15, 0.2) is 17.0 Å². The molecular formula is C29H48N4O2S. The smallest absolute Gasteiger partial charge is 0.221 e. The summed E-state index contributed by atoms with van der Waals surface area (Å²) in [5, 5.41) is 3.33. The Morgan fingerprint density at radius 1 is 1.06 bits per heavy atom. The summed E-state index contributed by atoms with van der Waals surface area (Å²) in [6, 6.07) is 5.23. The number of nitrogens with zero attached hydrogens (tertiary/aromatic N) is 3. The summed E-state index contributed by atoms with van der Waals surface area (Å²) in [5.74, 6) is 2.02. The second-order valence-electron chi connectivity index (χ2n) is 11.3. The molecule has 3 aliphatic rings. The van der Waals surface area contributed by atoms with Gasteiger partial charge in [-0.25, -0.2) is 4.31 Å². The molecule has 1 aromatic carbocycles. The van der Waals surface area contributed by atoms with Gasteiger partial charge in [0.15, 0.2) is 0 Å². The molecule has 2 heterocycles. The van der Waals surface area contributed by atoms with Crippen molar-refractivity contribution >= 4 is 17.9 Å². The number of rotatable bonds is 11. The highest BCUT2D eigenvalue weighted by Crippen LogP contribution is 2.32. The van der Waals surface area contributed by atoms with E-state index in [1.165, 1.54) is 87.3 Å². The lowest BCUT2D eigenvalue weighted by Gasteiger charge is -2.41. The summed E-state index contributed by atoms with van der Waals surface area (Å²) in [7, 11) is 3.78. The minimum absolute atomic E-state index is 0.192. The van der Waals surface area contributed by atoms with Crippen molar-refractivity contribution in [2.45, 2.75) is 88.6 Å². The summed E-state index contributed by atoms with van der Waals surface area (Å²) in [4.78, 5) is 19.3. The van der Waals surface area contributed by atoms with Crippen LogP contribution in [0.25, 0.3) is 0 Å². The van der Waals surface area contributed by atoms with E-state index in [4.69, 9.17) is 4.74 Å². The highest BCUT2D eigenvalue weighted by Gasteiger charge is 2.29. The second-order valence-corrected chi connectivity index (χ2v) is 12.5. The first-order valence-corrected chi connectivity index (χ1v) is 15.0. The lowest BCUT2D eigenvalue weighted by molar-refractivity contribution is -0.122. The molecule has 0 radical (unpaired) electrons. The van der Waals surface area contributed by atoms with Gasteiger partial charge in [0.05, 0.1) is 7.11 Å². The third-order valence-corrected chi connectivity index (χ3v) is 9.92. The van der Waals surface area contributed by atoms with Gasteiger partial charge in [-0.05, 0) is 146 Å². The number of hydrogen-bond donors (Lipinski definition) is 1. The quantitative estimate of drug-likeness (QED) is 0.423. The molecule has 0 spiro atoms. The molecule has 1 aromatic rings. The lowest BCUT2D eigenvalue weighted by atomic mass is 9.86. The molecule has 0 aromatic heterocycles. The van der Waals surface area contributed by atoms with Crippen molar-refractivity contribution in [1.29, 1.82) is 0 Å². The summed E-state index contributed by atoms with van der Waals surface area (Å²) in [5.41, 5.74) is 2.42. The fourth-order valence-electron chi connectivity index (χ4n) is 6.10. The topological polar surface area (TPSA) is 48.1 Å². The van der Waals surface area contributed by atoms with Crippen LogP contribution in [0.2, 0.25) is 0 Å². The normalized spacial score (nSPS) is 24.0. The van der Waals surface area contributed by atoms with E-state index in [0.29, 0.717) is 12.5 Å². The van der Waals surface area contributed by atoms with E-state index in [1.54, 1.807) is 19.1 Å². The summed E-state index contributed by atoms with van der Waals surface area (Å²) >= 11 is 1.72. The zero-order valence-corrected chi connectivity index (χ0v) is 23.9. The number of aryl methyl sites for hydroxylation is 2. The number of carbonyl (C=O) groups is 1. The highest BCUT2D eigenvalue weighted by atomic mass is 32.2. The lowest BCUT2D eigenvalue weighted by Crippen LogP contribution is -2.47. The van der Waals surface area contributed by atoms with E-state index in [2.05, 4.69) is 52.4 Å². The van der Waals surface area contributed by atoms with Crippen LogP contribution in [0.4, 0.5) is 0 Å². The number of methoxy groups -OCH3 is 1. The fourth-order valence-corrected chi connectivity index (χ4v) is 7.00. The van der Waals surface area contributed by atoms with E-state index in [1.807, 2.05) is 0 Å². The molecule has 1 amide bonds. The monoisotopic (exact) mass is 516 g/mol. The average molecular weight is 517 g/mol. The van der Waals surface area contributed by atoms with Crippen LogP contribution < -0.4 is 10.1 Å². The van der Waals surface area contributed by atoms with Crippen LogP contribution in [0, 0.1) is 19.8 Å². The highest BCUT2D eigenvalue weighted by molar-refractivity contribution is 7.97. The first kappa shape index (κ1) is 27.7. The Labute approximate surface area is 223 Å². The summed E-state index contributed by atoms with van der Waals surface area (Å²) < 4.78 is 7.55.